The van der Waals surface area contributed by atoms with Crippen LogP contribution in [0.4, 0.5) is 11.4 Å². The van der Waals surface area contributed by atoms with Crippen molar-refractivity contribution >= 4 is 11.4 Å². The first-order valence-corrected chi connectivity index (χ1v) is 8.62. The molecule has 0 aromatic heterocycles. The highest BCUT2D eigenvalue weighted by molar-refractivity contribution is 5.55. The van der Waals surface area contributed by atoms with Gasteiger partial charge in [0.25, 0.3) is 0 Å². The lowest BCUT2D eigenvalue weighted by Crippen LogP contribution is -2.29. The van der Waals surface area contributed by atoms with Crippen LogP contribution < -0.4 is 10.2 Å². The monoisotopic (exact) mass is 288 g/mol. The van der Waals surface area contributed by atoms with Gasteiger partial charge in [0.2, 0.25) is 0 Å². The largest absolute Gasteiger partial charge is 0.385 e. The summed E-state index contributed by atoms with van der Waals surface area (Å²) in [5.41, 5.74) is 2.61. The Bertz CT molecular complexity index is 406. The molecule has 1 aromatic rings. The van der Waals surface area contributed by atoms with Crippen molar-refractivity contribution in [1.29, 1.82) is 0 Å². The molecule has 2 fully saturated rings. The molecule has 3 nitrogen and oxygen atoms in total. The number of anilines is 2. The van der Waals surface area contributed by atoms with E-state index in [1.807, 2.05) is 0 Å². The van der Waals surface area contributed by atoms with Crippen molar-refractivity contribution in [3.63, 3.8) is 0 Å². The van der Waals surface area contributed by atoms with Crippen molar-refractivity contribution in [2.45, 2.75) is 51.0 Å². The van der Waals surface area contributed by atoms with Gasteiger partial charge in [0, 0.05) is 37.6 Å². The Hall–Kier alpha value is -1.22. The summed E-state index contributed by atoms with van der Waals surface area (Å²) in [6.07, 6.45) is 9.47. The molecule has 0 amide bonds. The Labute approximate surface area is 128 Å². The van der Waals surface area contributed by atoms with Gasteiger partial charge in [0.1, 0.15) is 0 Å². The molecule has 1 N–H and O–H groups in total. The van der Waals surface area contributed by atoms with E-state index in [0.29, 0.717) is 6.10 Å². The van der Waals surface area contributed by atoms with Crippen LogP contribution in [-0.4, -0.2) is 32.3 Å². The summed E-state index contributed by atoms with van der Waals surface area (Å²) in [5.74, 6) is 0. The summed E-state index contributed by atoms with van der Waals surface area (Å²) in [5, 5.41) is 3.52. The lowest BCUT2D eigenvalue weighted by molar-refractivity contribution is 0.103. The minimum atomic E-state index is 0.522. The molecule has 1 unspecified atom stereocenters. The van der Waals surface area contributed by atoms with Gasteiger partial charge in [0.05, 0.1) is 6.10 Å². The third-order valence-electron chi connectivity index (χ3n) is 4.64. The van der Waals surface area contributed by atoms with E-state index >= 15 is 0 Å². The molecule has 0 spiro atoms. The number of nitrogens with one attached hydrogen (secondary N) is 1. The number of benzene rings is 1. The van der Waals surface area contributed by atoms with E-state index in [0.717, 1.165) is 13.2 Å². The first kappa shape index (κ1) is 14.7. The SMILES string of the molecule is c1cc(N2CCCCC2)ccc1NCCCC1CCCO1. The third kappa shape index (κ3) is 4.37. The van der Waals surface area contributed by atoms with Crippen molar-refractivity contribution in [2.75, 3.05) is 36.5 Å². The van der Waals surface area contributed by atoms with Gasteiger partial charge in [0.15, 0.2) is 0 Å². The minimum Gasteiger partial charge on any atom is -0.385 e. The van der Waals surface area contributed by atoms with E-state index in [1.165, 1.54) is 69.4 Å². The second-order valence-electron chi connectivity index (χ2n) is 6.30. The zero-order valence-electron chi connectivity index (χ0n) is 13.0. The van der Waals surface area contributed by atoms with Crippen LogP contribution >= 0.6 is 0 Å². The predicted octanol–water partition coefficient (Wildman–Crippen LogP) is 4.05. The molecule has 0 bridgehead atoms. The molecule has 0 saturated carbocycles. The fraction of sp³-hybridized carbons (Fsp3) is 0.667. The number of hydrogen-bond acceptors (Lipinski definition) is 3. The Morgan fingerprint density at radius 1 is 1.05 bits per heavy atom. The van der Waals surface area contributed by atoms with Gasteiger partial charge < -0.3 is 15.0 Å². The molecule has 1 aromatic carbocycles. The molecule has 116 valence electrons. The summed E-state index contributed by atoms with van der Waals surface area (Å²) in [4.78, 5) is 2.50. The Kier molecular flexibility index (Phi) is 5.39. The van der Waals surface area contributed by atoms with Gasteiger partial charge in [-0.2, -0.15) is 0 Å². The van der Waals surface area contributed by atoms with Gasteiger partial charge in [-0.15, -0.1) is 0 Å². The fourth-order valence-corrected chi connectivity index (χ4v) is 3.38. The number of rotatable bonds is 6. The lowest BCUT2D eigenvalue weighted by atomic mass is 10.1. The average molecular weight is 288 g/mol. The van der Waals surface area contributed by atoms with Crippen LogP contribution in [0.1, 0.15) is 44.9 Å². The van der Waals surface area contributed by atoms with Crippen LogP contribution in [-0.2, 0) is 4.74 Å². The van der Waals surface area contributed by atoms with E-state index < -0.39 is 0 Å². The van der Waals surface area contributed by atoms with Crippen molar-refractivity contribution in [3.8, 4) is 0 Å². The Morgan fingerprint density at radius 3 is 2.57 bits per heavy atom. The summed E-state index contributed by atoms with van der Waals surface area (Å²) < 4.78 is 5.65. The third-order valence-corrected chi connectivity index (χ3v) is 4.64. The molecule has 2 aliphatic heterocycles. The molecule has 2 heterocycles. The van der Waals surface area contributed by atoms with Crippen LogP contribution in [0.3, 0.4) is 0 Å². The number of hydrogen-bond donors (Lipinski definition) is 1. The van der Waals surface area contributed by atoms with Crippen molar-refractivity contribution < 1.29 is 4.74 Å². The zero-order chi connectivity index (χ0) is 14.3. The van der Waals surface area contributed by atoms with E-state index in [4.69, 9.17) is 4.74 Å². The summed E-state index contributed by atoms with van der Waals surface area (Å²) in [7, 11) is 0. The molecule has 3 heteroatoms. The van der Waals surface area contributed by atoms with Gasteiger partial charge >= 0.3 is 0 Å². The minimum absolute atomic E-state index is 0.522. The number of ether oxygens (including phenoxy) is 1. The van der Waals surface area contributed by atoms with Gasteiger partial charge in [-0.25, -0.2) is 0 Å². The highest BCUT2D eigenvalue weighted by atomic mass is 16.5. The second-order valence-corrected chi connectivity index (χ2v) is 6.30. The fourth-order valence-electron chi connectivity index (χ4n) is 3.38. The van der Waals surface area contributed by atoms with E-state index in [-0.39, 0.29) is 0 Å². The molecule has 21 heavy (non-hydrogen) atoms. The summed E-state index contributed by atoms with van der Waals surface area (Å²) in [6.45, 7) is 4.45. The zero-order valence-corrected chi connectivity index (χ0v) is 13.0. The number of piperidine rings is 1. The topological polar surface area (TPSA) is 24.5 Å². The maximum Gasteiger partial charge on any atom is 0.0576 e. The first-order chi connectivity index (χ1) is 10.4. The van der Waals surface area contributed by atoms with Crippen LogP contribution in [0.25, 0.3) is 0 Å². The van der Waals surface area contributed by atoms with E-state index in [9.17, 15) is 0 Å². The molecule has 1 atom stereocenters. The maximum atomic E-state index is 5.65. The molecule has 0 radical (unpaired) electrons. The highest BCUT2D eigenvalue weighted by Gasteiger charge is 2.14. The van der Waals surface area contributed by atoms with Crippen LogP contribution in [0.15, 0.2) is 24.3 Å². The smallest absolute Gasteiger partial charge is 0.0576 e. The molecular formula is C18H28N2O. The average Bonchev–Trinajstić information content (AvgIpc) is 3.06. The summed E-state index contributed by atoms with van der Waals surface area (Å²) >= 11 is 0. The maximum absolute atomic E-state index is 5.65. The van der Waals surface area contributed by atoms with E-state index in [1.54, 1.807) is 0 Å². The highest BCUT2D eigenvalue weighted by Crippen LogP contribution is 2.22. The Morgan fingerprint density at radius 2 is 1.86 bits per heavy atom. The molecule has 2 aliphatic rings. The summed E-state index contributed by atoms with van der Waals surface area (Å²) in [6, 6.07) is 8.95. The molecular weight excluding hydrogens is 260 g/mol. The quantitative estimate of drug-likeness (QED) is 0.799. The van der Waals surface area contributed by atoms with Gasteiger partial charge in [-0.3, -0.25) is 0 Å². The second kappa shape index (κ2) is 7.69. The molecule has 3 rings (SSSR count). The van der Waals surface area contributed by atoms with Crippen molar-refractivity contribution in [3.05, 3.63) is 24.3 Å². The first-order valence-electron chi connectivity index (χ1n) is 8.62. The lowest BCUT2D eigenvalue weighted by Gasteiger charge is -2.28. The van der Waals surface area contributed by atoms with Gasteiger partial charge in [-0.05, 0) is 69.2 Å². The van der Waals surface area contributed by atoms with E-state index in [2.05, 4.69) is 34.5 Å². The standard InChI is InChI=1S/C18H28N2O/c1-2-13-20(14-3-1)17-10-8-16(9-11-17)19-12-4-6-18-7-5-15-21-18/h8-11,18-19H,1-7,12-15H2. The molecule has 2 saturated heterocycles. The van der Waals surface area contributed by atoms with Crippen LogP contribution in [0.5, 0.6) is 0 Å². The van der Waals surface area contributed by atoms with Crippen LogP contribution in [0.2, 0.25) is 0 Å². The Balaban J connectivity index is 1.39. The van der Waals surface area contributed by atoms with Crippen molar-refractivity contribution in [1.82, 2.24) is 0 Å². The van der Waals surface area contributed by atoms with Crippen molar-refractivity contribution in [2.24, 2.45) is 0 Å². The predicted molar refractivity (Wildman–Crippen MR) is 89.2 cm³/mol. The number of nitrogens with zero attached hydrogens (tertiary/aromatic N) is 1. The van der Waals surface area contributed by atoms with Crippen LogP contribution in [0, 0.1) is 0 Å². The normalized spacial score (nSPS) is 22.5. The van der Waals surface area contributed by atoms with Gasteiger partial charge in [-0.1, -0.05) is 0 Å². The molecule has 0 aliphatic carbocycles.